The lowest BCUT2D eigenvalue weighted by Gasteiger charge is -2.29. The zero-order valence-electron chi connectivity index (χ0n) is 14.6. The van der Waals surface area contributed by atoms with Crippen molar-refractivity contribution < 1.29 is 14.7 Å². The lowest BCUT2D eigenvalue weighted by atomic mass is 9.90. The average molecular weight is 320 g/mol. The summed E-state index contributed by atoms with van der Waals surface area (Å²) in [7, 11) is 0. The van der Waals surface area contributed by atoms with Gasteiger partial charge in [-0.05, 0) is 46.6 Å². The average Bonchev–Trinajstić information content (AvgIpc) is 2.63. The lowest BCUT2D eigenvalue weighted by molar-refractivity contribution is -0.145. The minimum Gasteiger partial charge on any atom is -0.480 e. The van der Waals surface area contributed by atoms with Crippen molar-refractivity contribution in [3.63, 3.8) is 0 Å². The second-order valence-corrected chi connectivity index (χ2v) is 7.00. The SMILES string of the molecule is Cc1cc(C(=O)NC2(C(=O)O)CCCCCC2)c(C)n1C(C)C. The van der Waals surface area contributed by atoms with Crippen LogP contribution in [0, 0.1) is 13.8 Å². The zero-order chi connectivity index (χ0) is 17.2. The molecule has 2 N–H and O–H groups in total. The van der Waals surface area contributed by atoms with E-state index in [1.54, 1.807) is 0 Å². The molecule has 2 rings (SSSR count). The van der Waals surface area contributed by atoms with Crippen LogP contribution >= 0.6 is 0 Å². The molecule has 0 spiro atoms. The monoisotopic (exact) mass is 320 g/mol. The molecule has 0 radical (unpaired) electrons. The zero-order valence-corrected chi connectivity index (χ0v) is 14.6. The van der Waals surface area contributed by atoms with Crippen molar-refractivity contribution in [3.05, 3.63) is 23.0 Å². The summed E-state index contributed by atoms with van der Waals surface area (Å²) in [5, 5.41) is 12.6. The summed E-state index contributed by atoms with van der Waals surface area (Å²) in [4.78, 5) is 24.6. The number of aryl methyl sites for hydroxylation is 1. The maximum absolute atomic E-state index is 12.8. The third-order valence-corrected chi connectivity index (χ3v) is 4.96. The molecule has 5 heteroatoms. The minimum atomic E-state index is -1.12. The third kappa shape index (κ3) is 3.43. The highest BCUT2D eigenvalue weighted by Crippen LogP contribution is 2.29. The molecule has 1 aliphatic carbocycles. The summed E-state index contributed by atoms with van der Waals surface area (Å²) in [6, 6.07) is 2.12. The molecule has 0 unspecified atom stereocenters. The summed E-state index contributed by atoms with van der Waals surface area (Å²) < 4.78 is 2.11. The van der Waals surface area contributed by atoms with Crippen LogP contribution in [-0.2, 0) is 4.79 Å². The van der Waals surface area contributed by atoms with Gasteiger partial charge in [-0.25, -0.2) is 4.79 Å². The van der Waals surface area contributed by atoms with Gasteiger partial charge in [-0.2, -0.15) is 0 Å². The van der Waals surface area contributed by atoms with Gasteiger partial charge >= 0.3 is 5.97 Å². The van der Waals surface area contributed by atoms with Gasteiger partial charge in [0, 0.05) is 17.4 Å². The van der Waals surface area contributed by atoms with E-state index in [1.807, 2.05) is 19.9 Å². The highest BCUT2D eigenvalue weighted by Gasteiger charge is 2.40. The summed E-state index contributed by atoms with van der Waals surface area (Å²) in [5.74, 6) is -1.18. The van der Waals surface area contributed by atoms with Crippen LogP contribution in [0.3, 0.4) is 0 Å². The van der Waals surface area contributed by atoms with Gasteiger partial charge in [-0.1, -0.05) is 25.7 Å². The molecule has 0 saturated heterocycles. The van der Waals surface area contributed by atoms with Crippen molar-refractivity contribution >= 4 is 11.9 Å². The van der Waals surface area contributed by atoms with Crippen molar-refractivity contribution in [2.75, 3.05) is 0 Å². The fourth-order valence-corrected chi connectivity index (χ4v) is 3.81. The number of rotatable bonds is 4. The van der Waals surface area contributed by atoms with Crippen LogP contribution in [0.4, 0.5) is 0 Å². The van der Waals surface area contributed by atoms with E-state index in [-0.39, 0.29) is 11.9 Å². The van der Waals surface area contributed by atoms with Crippen LogP contribution in [0.25, 0.3) is 0 Å². The van der Waals surface area contributed by atoms with Crippen LogP contribution in [0.5, 0.6) is 0 Å². The van der Waals surface area contributed by atoms with Gasteiger partial charge in [0.1, 0.15) is 5.54 Å². The fraction of sp³-hybridized carbons (Fsp3) is 0.667. The number of nitrogens with zero attached hydrogens (tertiary/aromatic N) is 1. The topological polar surface area (TPSA) is 71.3 Å². The predicted molar refractivity (Wildman–Crippen MR) is 89.8 cm³/mol. The van der Waals surface area contributed by atoms with E-state index in [0.717, 1.165) is 37.1 Å². The Labute approximate surface area is 138 Å². The van der Waals surface area contributed by atoms with Gasteiger partial charge < -0.3 is 15.0 Å². The molecule has 5 nitrogen and oxygen atoms in total. The smallest absolute Gasteiger partial charge is 0.329 e. The summed E-state index contributed by atoms with van der Waals surface area (Å²) >= 11 is 0. The molecule has 0 atom stereocenters. The van der Waals surface area contributed by atoms with Crippen molar-refractivity contribution in [3.8, 4) is 0 Å². The first-order valence-corrected chi connectivity index (χ1v) is 8.53. The number of aliphatic carboxylic acids is 1. The predicted octanol–water partition coefficient (Wildman–Crippen LogP) is 3.59. The quantitative estimate of drug-likeness (QED) is 0.833. The Morgan fingerprint density at radius 2 is 1.74 bits per heavy atom. The molecule has 0 aliphatic heterocycles. The molecular weight excluding hydrogens is 292 g/mol. The lowest BCUT2D eigenvalue weighted by Crippen LogP contribution is -2.54. The number of amides is 1. The Bertz CT molecular complexity index is 594. The second-order valence-electron chi connectivity index (χ2n) is 7.00. The van der Waals surface area contributed by atoms with Crippen molar-refractivity contribution in [1.29, 1.82) is 0 Å². The summed E-state index contributed by atoms with van der Waals surface area (Å²) in [6.45, 7) is 8.04. The Morgan fingerprint density at radius 3 is 2.17 bits per heavy atom. The van der Waals surface area contributed by atoms with E-state index in [2.05, 4.69) is 23.7 Å². The van der Waals surface area contributed by atoms with E-state index < -0.39 is 11.5 Å². The van der Waals surface area contributed by atoms with Gasteiger partial charge in [0.05, 0.1) is 5.56 Å². The largest absolute Gasteiger partial charge is 0.480 e. The number of hydrogen-bond donors (Lipinski definition) is 2. The van der Waals surface area contributed by atoms with Crippen LogP contribution in [0.1, 0.15) is 80.2 Å². The van der Waals surface area contributed by atoms with E-state index >= 15 is 0 Å². The molecule has 1 aliphatic rings. The van der Waals surface area contributed by atoms with Gasteiger partial charge in [0.15, 0.2) is 0 Å². The Hall–Kier alpha value is -1.78. The summed E-state index contributed by atoms with van der Waals surface area (Å²) in [5.41, 5.74) is 1.38. The highest BCUT2D eigenvalue weighted by atomic mass is 16.4. The minimum absolute atomic E-state index is 0.267. The number of hydrogen-bond acceptors (Lipinski definition) is 2. The number of carboxylic acid groups (broad SMARTS) is 1. The molecule has 1 saturated carbocycles. The van der Waals surface area contributed by atoms with Crippen LogP contribution in [0.2, 0.25) is 0 Å². The van der Waals surface area contributed by atoms with Gasteiger partial charge in [-0.15, -0.1) is 0 Å². The van der Waals surface area contributed by atoms with Gasteiger partial charge in [-0.3, -0.25) is 4.79 Å². The second kappa shape index (κ2) is 6.77. The van der Waals surface area contributed by atoms with Gasteiger partial charge in [0.2, 0.25) is 0 Å². The first-order chi connectivity index (χ1) is 10.8. The standard InChI is InChI=1S/C18H28N2O3/c1-12(2)20-13(3)11-15(14(20)4)16(21)19-18(17(22)23)9-7-5-6-8-10-18/h11-12H,5-10H2,1-4H3,(H,19,21)(H,22,23). The summed E-state index contributed by atoms with van der Waals surface area (Å²) in [6.07, 6.45) is 4.78. The van der Waals surface area contributed by atoms with Crippen LogP contribution in [0.15, 0.2) is 6.07 Å². The first kappa shape index (κ1) is 17.6. The number of carbonyl (C=O) groups excluding carboxylic acids is 1. The Balaban J connectivity index is 2.29. The normalized spacial score (nSPS) is 17.8. The van der Waals surface area contributed by atoms with Crippen LogP contribution < -0.4 is 5.32 Å². The van der Waals surface area contributed by atoms with Crippen molar-refractivity contribution in [2.24, 2.45) is 0 Å². The maximum Gasteiger partial charge on any atom is 0.329 e. The number of aromatic nitrogens is 1. The molecule has 1 fully saturated rings. The fourth-order valence-electron chi connectivity index (χ4n) is 3.81. The molecule has 0 aromatic carbocycles. The van der Waals surface area contributed by atoms with Crippen molar-refractivity contribution in [2.45, 2.75) is 77.8 Å². The molecule has 1 aromatic heterocycles. The molecule has 1 heterocycles. The van der Waals surface area contributed by atoms with E-state index in [9.17, 15) is 14.7 Å². The first-order valence-electron chi connectivity index (χ1n) is 8.53. The Kier molecular flexibility index (Phi) is 5.17. The van der Waals surface area contributed by atoms with Crippen molar-refractivity contribution in [1.82, 2.24) is 9.88 Å². The highest BCUT2D eigenvalue weighted by molar-refractivity contribution is 5.99. The van der Waals surface area contributed by atoms with E-state index in [1.165, 1.54) is 0 Å². The molecule has 1 amide bonds. The number of carboxylic acids is 1. The van der Waals surface area contributed by atoms with E-state index in [4.69, 9.17) is 0 Å². The molecular formula is C18H28N2O3. The molecule has 128 valence electrons. The maximum atomic E-state index is 12.8. The van der Waals surface area contributed by atoms with E-state index in [0.29, 0.717) is 18.4 Å². The Morgan fingerprint density at radius 1 is 1.17 bits per heavy atom. The van der Waals surface area contributed by atoms with Gasteiger partial charge in [0.25, 0.3) is 5.91 Å². The molecule has 0 bridgehead atoms. The van der Waals surface area contributed by atoms with Crippen LogP contribution in [-0.4, -0.2) is 27.1 Å². The molecule has 23 heavy (non-hydrogen) atoms. The molecule has 1 aromatic rings. The third-order valence-electron chi connectivity index (χ3n) is 4.96. The number of carbonyl (C=O) groups is 2. The number of nitrogens with one attached hydrogen (secondary N) is 1.